The minimum Gasteiger partial charge on any atom is -0.444 e. The Morgan fingerprint density at radius 3 is 2.30 bits per heavy atom. The summed E-state index contributed by atoms with van der Waals surface area (Å²) in [5.74, 6) is -0.671. The predicted molar refractivity (Wildman–Crippen MR) is 106 cm³/mol. The van der Waals surface area contributed by atoms with E-state index in [-0.39, 0.29) is 28.8 Å². The third-order valence-corrected chi connectivity index (χ3v) is 3.92. The Hall–Kier alpha value is -1.79. The van der Waals surface area contributed by atoms with Crippen LogP contribution in [0.1, 0.15) is 51.4 Å². The van der Waals surface area contributed by atoms with Gasteiger partial charge in [-0.3, -0.25) is 9.59 Å². The number of ether oxygens (including phenoxy) is 1. The van der Waals surface area contributed by atoms with Gasteiger partial charge in [-0.25, -0.2) is 4.79 Å². The number of carbonyl (C=O) groups is 3. The fraction of sp³-hybridized carbons (Fsp3) is 0.526. The van der Waals surface area contributed by atoms with Crippen molar-refractivity contribution in [3.05, 3.63) is 33.8 Å². The van der Waals surface area contributed by atoms with Crippen LogP contribution >= 0.6 is 23.2 Å². The van der Waals surface area contributed by atoms with Crippen molar-refractivity contribution in [2.24, 2.45) is 5.92 Å². The summed E-state index contributed by atoms with van der Waals surface area (Å²) in [5, 5.41) is 5.74. The molecule has 0 fully saturated rings. The largest absolute Gasteiger partial charge is 0.444 e. The smallest absolute Gasteiger partial charge is 0.408 e. The molecule has 1 aromatic rings. The van der Waals surface area contributed by atoms with E-state index in [9.17, 15) is 14.4 Å². The first-order chi connectivity index (χ1) is 12.4. The summed E-state index contributed by atoms with van der Waals surface area (Å²) in [7, 11) is 0. The zero-order valence-electron chi connectivity index (χ0n) is 16.2. The third kappa shape index (κ3) is 8.63. The second kappa shape index (κ2) is 9.95. The van der Waals surface area contributed by atoms with E-state index in [0.29, 0.717) is 11.4 Å². The highest BCUT2D eigenvalue weighted by Gasteiger charge is 2.25. The molecule has 1 rings (SSSR count). The highest BCUT2D eigenvalue weighted by Crippen LogP contribution is 2.21. The van der Waals surface area contributed by atoms with Crippen LogP contribution in [0.15, 0.2) is 18.2 Å². The first-order valence-electron chi connectivity index (χ1n) is 8.64. The van der Waals surface area contributed by atoms with Gasteiger partial charge in [0.25, 0.3) is 0 Å². The molecule has 8 heteroatoms. The first kappa shape index (κ1) is 23.2. The molecule has 0 aliphatic rings. The average Bonchev–Trinajstić information content (AvgIpc) is 2.49. The molecule has 150 valence electrons. The molecule has 1 atom stereocenters. The van der Waals surface area contributed by atoms with Crippen LogP contribution in [0.4, 0.5) is 4.79 Å². The van der Waals surface area contributed by atoms with Gasteiger partial charge in [-0.15, -0.1) is 0 Å². The van der Waals surface area contributed by atoms with E-state index >= 15 is 0 Å². The summed E-state index contributed by atoms with van der Waals surface area (Å²) >= 11 is 11.8. The average molecular weight is 417 g/mol. The van der Waals surface area contributed by atoms with Crippen molar-refractivity contribution in [1.82, 2.24) is 10.6 Å². The molecule has 2 N–H and O–H groups in total. The molecule has 2 amide bonds. The van der Waals surface area contributed by atoms with Crippen molar-refractivity contribution in [1.29, 1.82) is 0 Å². The Labute approximate surface area is 169 Å². The van der Waals surface area contributed by atoms with Gasteiger partial charge in [0.05, 0.1) is 11.6 Å². The third-order valence-electron chi connectivity index (χ3n) is 3.37. The van der Waals surface area contributed by atoms with Crippen LogP contribution in [-0.4, -0.2) is 36.0 Å². The highest BCUT2D eigenvalue weighted by atomic mass is 35.5. The molecule has 0 spiro atoms. The Bertz CT molecular complexity index is 699. The second-order valence-electron chi connectivity index (χ2n) is 7.59. The minimum atomic E-state index is -0.812. The number of ketones is 1. The van der Waals surface area contributed by atoms with Gasteiger partial charge < -0.3 is 15.4 Å². The van der Waals surface area contributed by atoms with Crippen molar-refractivity contribution < 1.29 is 19.1 Å². The number of nitrogens with one attached hydrogen (secondary N) is 2. The zero-order valence-corrected chi connectivity index (χ0v) is 17.7. The van der Waals surface area contributed by atoms with Gasteiger partial charge in [0.1, 0.15) is 11.6 Å². The molecule has 0 radical (unpaired) electrons. The summed E-state index contributed by atoms with van der Waals surface area (Å²) in [6.07, 6.45) is -0.281. The Morgan fingerprint density at radius 2 is 1.78 bits per heavy atom. The lowest BCUT2D eigenvalue weighted by molar-refractivity contribution is -0.123. The topological polar surface area (TPSA) is 84.5 Å². The second-order valence-corrected chi connectivity index (χ2v) is 8.44. The Morgan fingerprint density at radius 1 is 1.15 bits per heavy atom. The van der Waals surface area contributed by atoms with E-state index < -0.39 is 23.6 Å². The van der Waals surface area contributed by atoms with E-state index in [2.05, 4.69) is 10.6 Å². The zero-order chi connectivity index (χ0) is 20.8. The van der Waals surface area contributed by atoms with Crippen LogP contribution in [0, 0.1) is 5.92 Å². The van der Waals surface area contributed by atoms with Gasteiger partial charge in [-0.2, -0.15) is 0 Å². The summed E-state index contributed by atoms with van der Waals surface area (Å²) in [6.45, 7) is 8.81. The summed E-state index contributed by atoms with van der Waals surface area (Å²) in [4.78, 5) is 36.7. The number of alkyl carbamates (subject to hydrolysis) is 1. The van der Waals surface area contributed by atoms with Crippen molar-refractivity contribution in [3.63, 3.8) is 0 Å². The molecule has 27 heavy (non-hydrogen) atoms. The van der Waals surface area contributed by atoms with Gasteiger partial charge in [0, 0.05) is 10.6 Å². The van der Waals surface area contributed by atoms with Gasteiger partial charge >= 0.3 is 6.09 Å². The summed E-state index contributed by atoms with van der Waals surface area (Å²) in [6, 6.07) is 3.70. The van der Waals surface area contributed by atoms with E-state index in [1.807, 2.05) is 13.8 Å². The lowest BCUT2D eigenvalue weighted by Crippen LogP contribution is -2.49. The quantitative estimate of drug-likeness (QED) is 0.651. The number of benzene rings is 1. The van der Waals surface area contributed by atoms with Gasteiger partial charge in [-0.05, 0) is 51.3 Å². The SMILES string of the molecule is CC(C)CC(NC(=O)OC(C)(C)C)C(=O)NCC(=O)c1ccc(Cl)cc1Cl. The maximum absolute atomic E-state index is 12.5. The molecule has 0 bridgehead atoms. The van der Waals surface area contributed by atoms with Gasteiger partial charge in [-0.1, -0.05) is 37.0 Å². The van der Waals surface area contributed by atoms with Crippen LogP contribution in [-0.2, 0) is 9.53 Å². The molecule has 0 saturated carbocycles. The number of hydrogen-bond acceptors (Lipinski definition) is 4. The van der Waals surface area contributed by atoms with E-state index in [1.54, 1.807) is 26.8 Å². The summed E-state index contributed by atoms with van der Waals surface area (Å²) < 4.78 is 5.19. The fourth-order valence-corrected chi connectivity index (χ4v) is 2.77. The Kier molecular flexibility index (Phi) is 8.57. The van der Waals surface area contributed by atoms with Crippen molar-refractivity contribution in [2.75, 3.05) is 6.54 Å². The molecule has 0 aliphatic heterocycles. The van der Waals surface area contributed by atoms with Crippen LogP contribution < -0.4 is 10.6 Å². The molecule has 0 saturated heterocycles. The number of carbonyl (C=O) groups excluding carboxylic acids is 3. The van der Waals surface area contributed by atoms with Crippen LogP contribution in [0.25, 0.3) is 0 Å². The lowest BCUT2D eigenvalue weighted by atomic mass is 10.0. The fourth-order valence-electron chi connectivity index (χ4n) is 2.25. The maximum Gasteiger partial charge on any atom is 0.408 e. The molecule has 0 heterocycles. The monoisotopic (exact) mass is 416 g/mol. The number of amides is 2. The molecule has 0 aliphatic carbocycles. The van der Waals surface area contributed by atoms with Crippen LogP contribution in [0.2, 0.25) is 10.0 Å². The van der Waals surface area contributed by atoms with E-state index in [1.165, 1.54) is 12.1 Å². The molecular formula is C19H26Cl2N2O4. The molecular weight excluding hydrogens is 391 g/mol. The van der Waals surface area contributed by atoms with Gasteiger partial charge in [0.15, 0.2) is 5.78 Å². The number of rotatable bonds is 7. The van der Waals surface area contributed by atoms with Crippen molar-refractivity contribution >= 4 is 41.0 Å². The Balaban J connectivity index is 2.72. The lowest BCUT2D eigenvalue weighted by Gasteiger charge is -2.24. The van der Waals surface area contributed by atoms with Crippen molar-refractivity contribution in [2.45, 2.75) is 52.7 Å². The number of hydrogen-bond donors (Lipinski definition) is 2. The minimum absolute atomic E-state index is 0.150. The summed E-state index contributed by atoms with van der Waals surface area (Å²) in [5.41, 5.74) is -0.411. The normalized spacial score (nSPS) is 12.4. The molecule has 1 unspecified atom stereocenters. The standard InChI is InChI=1S/C19H26Cl2N2O4/c1-11(2)8-15(23-18(26)27-19(3,4)5)17(25)22-10-16(24)13-7-6-12(20)9-14(13)21/h6-7,9,11,15H,8,10H2,1-5H3,(H,22,25)(H,23,26). The first-order valence-corrected chi connectivity index (χ1v) is 9.40. The number of Topliss-reactive ketones (excluding diaryl/α,β-unsaturated/α-hetero) is 1. The predicted octanol–water partition coefficient (Wildman–Crippen LogP) is 4.23. The highest BCUT2D eigenvalue weighted by molar-refractivity contribution is 6.36. The van der Waals surface area contributed by atoms with Crippen molar-refractivity contribution in [3.8, 4) is 0 Å². The number of halogens is 2. The van der Waals surface area contributed by atoms with Crippen LogP contribution in [0.3, 0.4) is 0 Å². The van der Waals surface area contributed by atoms with Gasteiger partial charge in [0.2, 0.25) is 5.91 Å². The molecule has 0 aromatic heterocycles. The van der Waals surface area contributed by atoms with E-state index in [4.69, 9.17) is 27.9 Å². The van der Waals surface area contributed by atoms with Crippen LogP contribution in [0.5, 0.6) is 0 Å². The molecule has 6 nitrogen and oxygen atoms in total. The molecule has 1 aromatic carbocycles. The maximum atomic E-state index is 12.5. The van der Waals surface area contributed by atoms with E-state index in [0.717, 1.165) is 0 Å².